The van der Waals surface area contributed by atoms with E-state index in [9.17, 15) is 10.2 Å². The third kappa shape index (κ3) is 4.00. The first-order valence-electron chi connectivity index (χ1n) is 7.03. The largest absolute Gasteiger partial charge is 0.508 e. The van der Waals surface area contributed by atoms with Crippen LogP contribution in [0.3, 0.4) is 0 Å². The summed E-state index contributed by atoms with van der Waals surface area (Å²) < 4.78 is 5.78. The topological polar surface area (TPSA) is 49.7 Å². The molecule has 0 radical (unpaired) electrons. The van der Waals surface area contributed by atoms with Gasteiger partial charge in [-0.1, -0.05) is 32.9 Å². The first kappa shape index (κ1) is 17.1. The van der Waals surface area contributed by atoms with Crippen LogP contribution in [0.1, 0.15) is 54.0 Å². The van der Waals surface area contributed by atoms with Crippen LogP contribution >= 0.6 is 0 Å². The molecule has 3 nitrogen and oxygen atoms in total. The minimum Gasteiger partial charge on any atom is -0.508 e. The van der Waals surface area contributed by atoms with E-state index in [1.165, 1.54) is 0 Å². The van der Waals surface area contributed by atoms with E-state index in [-0.39, 0.29) is 18.6 Å². The number of phenols is 1. The molecule has 1 aromatic carbocycles. The van der Waals surface area contributed by atoms with Gasteiger partial charge in [-0.3, -0.25) is 0 Å². The number of hydrogen-bond acceptors (Lipinski definition) is 3. The van der Waals surface area contributed by atoms with Crippen LogP contribution < -0.4 is 5.46 Å². The molecule has 20 heavy (non-hydrogen) atoms. The van der Waals surface area contributed by atoms with E-state index >= 15 is 0 Å². The molecule has 112 valence electrons. The summed E-state index contributed by atoms with van der Waals surface area (Å²) >= 11 is 0. The Labute approximate surface area is 123 Å². The predicted molar refractivity (Wildman–Crippen MR) is 85.1 cm³/mol. The van der Waals surface area contributed by atoms with Crippen molar-refractivity contribution in [2.75, 3.05) is 0 Å². The number of aromatic hydroxyl groups is 1. The molecule has 0 aliphatic heterocycles. The summed E-state index contributed by atoms with van der Waals surface area (Å²) in [5, 5.41) is 20.2. The zero-order chi connectivity index (χ0) is 15.8. The van der Waals surface area contributed by atoms with E-state index < -0.39 is 11.2 Å². The van der Waals surface area contributed by atoms with Gasteiger partial charge in [0.05, 0.1) is 11.2 Å². The Hall–Kier alpha value is -0.995. The van der Waals surface area contributed by atoms with Crippen LogP contribution in [-0.4, -0.2) is 28.9 Å². The van der Waals surface area contributed by atoms with Crippen molar-refractivity contribution >= 4 is 12.9 Å². The van der Waals surface area contributed by atoms with Gasteiger partial charge < -0.3 is 14.9 Å². The summed E-state index contributed by atoms with van der Waals surface area (Å²) in [6, 6.07) is 5.68. The second-order valence-corrected chi connectivity index (χ2v) is 7.45. The Balaban J connectivity index is 2.86. The van der Waals surface area contributed by atoms with Gasteiger partial charge in [-0.25, -0.2) is 0 Å². The molecule has 0 aliphatic rings. The van der Waals surface area contributed by atoms with E-state index in [4.69, 9.17) is 4.65 Å². The van der Waals surface area contributed by atoms with Gasteiger partial charge in [0.25, 0.3) is 0 Å². The Bertz CT molecular complexity index is 468. The predicted octanol–water partition coefficient (Wildman–Crippen LogP) is 2.23. The fraction of sp³-hybridized carbons (Fsp3) is 0.625. The summed E-state index contributed by atoms with van der Waals surface area (Å²) in [5.74, 6) is 0.240. The number of phenolic OH excluding ortho intramolecular Hbond substituents is 1. The molecule has 2 N–H and O–H groups in total. The highest BCUT2D eigenvalue weighted by Crippen LogP contribution is 2.26. The van der Waals surface area contributed by atoms with Gasteiger partial charge in [0.2, 0.25) is 0 Å². The van der Waals surface area contributed by atoms with Crippen LogP contribution in [0.2, 0.25) is 0 Å². The van der Waals surface area contributed by atoms with E-state index in [1.807, 2.05) is 26.0 Å². The molecular weight excluding hydrogens is 251 g/mol. The minimum absolute atomic E-state index is 0.00320. The molecule has 0 bridgehead atoms. The van der Waals surface area contributed by atoms with Gasteiger partial charge >= 0.3 is 7.48 Å². The molecule has 0 atom stereocenters. The molecule has 0 amide bonds. The lowest BCUT2D eigenvalue weighted by molar-refractivity contribution is -0.0893. The molecule has 0 heterocycles. The normalized spacial score (nSPS) is 13.4. The first-order valence-corrected chi connectivity index (χ1v) is 7.03. The smallest absolute Gasteiger partial charge is 0.313 e. The summed E-state index contributed by atoms with van der Waals surface area (Å²) in [7, 11) is 0.271. The van der Waals surface area contributed by atoms with E-state index in [2.05, 4.69) is 20.8 Å². The van der Waals surface area contributed by atoms with Crippen molar-refractivity contribution in [3.8, 4) is 5.75 Å². The summed E-state index contributed by atoms with van der Waals surface area (Å²) in [6.45, 7) is 13.4. The fourth-order valence-electron chi connectivity index (χ4n) is 1.59. The molecule has 1 aromatic rings. The van der Waals surface area contributed by atoms with Crippen molar-refractivity contribution in [2.45, 2.75) is 65.1 Å². The lowest BCUT2D eigenvalue weighted by Crippen LogP contribution is -2.49. The number of aliphatic hydroxyl groups is 1. The van der Waals surface area contributed by atoms with Gasteiger partial charge in [0.1, 0.15) is 5.75 Å². The van der Waals surface area contributed by atoms with Crippen LogP contribution in [0, 0.1) is 0 Å². The Kier molecular flexibility index (Phi) is 4.62. The Morgan fingerprint density at radius 3 is 1.95 bits per heavy atom. The fourth-order valence-corrected chi connectivity index (χ4v) is 1.59. The lowest BCUT2D eigenvalue weighted by atomic mass is 9.79. The van der Waals surface area contributed by atoms with Crippen molar-refractivity contribution < 1.29 is 14.9 Å². The van der Waals surface area contributed by atoms with Crippen LogP contribution in [0.5, 0.6) is 5.75 Å². The van der Waals surface area contributed by atoms with Crippen molar-refractivity contribution in [3.05, 3.63) is 23.8 Å². The van der Waals surface area contributed by atoms with Crippen molar-refractivity contribution in [2.24, 2.45) is 0 Å². The van der Waals surface area contributed by atoms with Crippen LogP contribution in [0.15, 0.2) is 18.2 Å². The van der Waals surface area contributed by atoms with Crippen molar-refractivity contribution in [1.29, 1.82) is 0 Å². The average molecular weight is 278 g/mol. The Morgan fingerprint density at radius 2 is 1.55 bits per heavy atom. The number of benzene rings is 1. The van der Waals surface area contributed by atoms with Crippen molar-refractivity contribution in [3.63, 3.8) is 0 Å². The van der Waals surface area contributed by atoms with E-state index in [1.54, 1.807) is 19.9 Å². The zero-order valence-electron chi connectivity index (χ0n) is 13.7. The number of hydrogen-bond donors (Lipinski definition) is 2. The molecule has 0 spiro atoms. The molecule has 0 saturated heterocycles. The maximum atomic E-state index is 10.1. The molecule has 4 heteroatoms. The first-order chi connectivity index (χ1) is 8.84. The Morgan fingerprint density at radius 1 is 1.00 bits per heavy atom. The molecule has 0 saturated carbocycles. The maximum Gasteiger partial charge on any atom is 0.313 e. The second-order valence-electron chi connectivity index (χ2n) is 7.45. The number of rotatable bonds is 4. The van der Waals surface area contributed by atoms with Gasteiger partial charge in [-0.2, -0.15) is 0 Å². The second kappa shape index (κ2) is 5.42. The summed E-state index contributed by atoms with van der Waals surface area (Å²) in [4.78, 5) is 0. The quantitative estimate of drug-likeness (QED) is 0.830. The van der Waals surface area contributed by atoms with E-state index in [0.29, 0.717) is 0 Å². The van der Waals surface area contributed by atoms with Crippen LogP contribution in [0.25, 0.3) is 0 Å². The zero-order valence-corrected chi connectivity index (χ0v) is 13.7. The SMILES string of the molecule is CC(C)(C)c1ccc(BOC(C)(C)C(C)(C)O)c(O)c1. The van der Waals surface area contributed by atoms with Crippen LogP contribution in [0.4, 0.5) is 0 Å². The molecule has 0 aromatic heterocycles. The third-order valence-corrected chi connectivity index (χ3v) is 4.01. The standard InChI is InChI=1S/C16H27BO3/c1-14(2,3)11-8-9-12(13(18)10-11)17-20-16(6,7)15(4,5)19/h8-10,17-19H,1-7H3. The third-order valence-electron chi connectivity index (χ3n) is 4.01. The highest BCUT2D eigenvalue weighted by Gasteiger charge is 2.35. The lowest BCUT2D eigenvalue weighted by Gasteiger charge is -2.37. The maximum absolute atomic E-state index is 10.1. The molecule has 0 unspecified atom stereocenters. The highest BCUT2D eigenvalue weighted by atomic mass is 16.5. The van der Waals surface area contributed by atoms with Gasteiger partial charge in [-0.15, -0.1) is 0 Å². The van der Waals surface area contributed by atoms with Gasteiger partial charge in [0.15, 0.2) is 0 Å². The molecule has 0 fully saturated rings. The van der Waals surface area contributed by atoms with Gasteiger partial charge in [0, 0.05) is 0 Å². The van der Waals surface area contributed by atoms with Crippen LogP contribution in [-0.2, 0) is 10.1 Å². The molecular formula is C16H27BO3. The average Bonchev–Trinajstić information content (AvgIpc) is 2.24. The minimum atomic E-state index is -0.950. The van der Waals surface area contributed by atoms with E-state index in [0.717, 1.165) is 11.0 Å². The van der Waals surface area contributed by atoms with Gasteiger partial charge in [-0.05, 0) is 50.2 Å². The summed E-state index contributed by atoms with van der Waals surface area (Å²) in [5.41, 5.74) is 0.176. The molecule has 0 aliphatic carbocycles. The summed E-state index contributed by atoms with van der Waals surface area (Å²) in [6.07, 6.45) is 0. The molecule has 1 rings (SSSR count). The van der Waals surface area contributed by atoms with Crippen molar-refractivity contribution in [1.82, 2.24) is 0 Å². The highest BCUT2D eigenvalue weighted by molar-refractivity contribution is 6.48. The monoisotopic (exact) mass is 278 g/mol.